The Hall–Kier alpha value is -0.860. The van der Waals surface area contributed by atoms with E-state index in [0.29, 0.717) is 0 Å². The van der Waals surface area contributed by atoms with Gasteiger partial charge < -0.3 is 5.32 Å². The molecular weight excluding hydrogens is 104 g/mol. The molecule has 0 spiro atoms. The quantitative estimate of drug-likeness (QED) is 0.503. The number of amides is 2. The zero-order valence-corrected chi connectivity index (χ0v) is 5.14. The fourth-order valence-corrected chi connectivity index (χ4v) is 0.239. The molecule has 0 rings (SSSR count). The highest BCUT2D eigenvalue weighted by atomic mass is 16.2. The molecule has 3 heteroatoms. The maximum absolute atomic E-state index is 10.3. The van der Waals surface area contributed by atoms with E-state index in [9.17, 15) is 4.79 Å². The van der Waals surface area contributed by atoms with Gasteiger partial charge in [0, 0.05) is 13.3 Å². The molecule has 0 aliphatic rings. The summed E-state index contributed by atoms with van der Waals surface area (Å²) < 4.78 is 0. The Morgan fingerprint density at radius 1 is 1.88 bits per heavy atom. The summed E-state index contributed by atoms with van der Waals surface area (Å²) in [6.07, 6.45) is 2.37. The second-order valence-electron chi connectivity index (χ2n) is 1.28. The van der Waals surface area contributed by atoms with Crippen LogP contribution in [0.2, 0.25) is 0 Å². The molecule has 0 aromatic carbocycles. The molecule has 0 atom stereocenters. The molecule has 0 saturated carbocycles. The van der Waals surface area contributed by atoms with Gasteiger partial charge in [0.1, 0.15) is 0 Å². The van der Waals surface area contributed by atoms with Crippen molar-refractivity contribution in [1.29, 1.82) is 0 Å². The molecule has 0 heterocycles. The molecule has 8 heavy (non-hydrogen) atoms. The van der Waals surface area contributed by atoms with Gasteiger partial charge in [0.15, 0.2) is 0 Å². The summed E-state index contributed by atoms with van der Waals surface area (Å²) in [6.45, 7) is 1.92. The molecule has 3 nitrogen and oxygen atoms in total. The maximum atomic E-state index is 10.3. The van der Waals surface area contributed by atoms with Gasteiger partial charge in [0.05, 0.1) is 0 Å². The topological polar surface area (TPSA) is 41.5 Å². The third kappa shape index (κ3) is 3.33. The zero-order chi connectivity index (χ0) is 6.41. The van der Waals surface area contributed by atoms with Crippen molar-refractivity contribution in [2.75, 3.05) is 7.05 Å². The Morgan fingerprint density at radius 3 is 2.88 bits per heavy atom. The minimum absolute atomic E-state index is 0.285. The Kier molecular flexibility index (Phi) is 3.84. The van der Waals surface area contributed by atoms with Crippen molar-refractivity contribution in [3.63, 3.8) is 0 Å². The molecule has 0 aliphatic heterocycles. The Morgan fingerprint density at radius 2 is 2.50 bits per heavy atom. The summed E-state index contributed by atoms with van der Waals surface area (Å²) in [5, 5.41) is 2.36. The largest absolute Gasteiger partial charge is 0.340 e. The first kappa shape index (κ1) is 7.14. The van der Waals surface area contributed by atoms with Crippen LogP contribution in [0.3, 0.4) is 0 Å². The van der Waals surface area contributed by atoms with Crippen LogP contribution in [-0.4, -0.2) is 19.3 Å². The Bertz CT molecular complexity index is 98.6. The number of hydrogen-bond donors (Lipinski definition) is 1. The number of rotatable bonds is 1. The van der Waals surface area contributed by atoms with E-state index < -0.39 is 0 Å². The van der Waals surface area contributed by atoms with Crippen LogP contribution in [0.25, 0.3) is 0 Å². The van der Waals surface area contributed by atoms with Gasteiger partial charge in [-0.25, -0.2) is 9.79 Å². The average Bonchev–Trinajstić information content (AvgIpc) is 1.83. The van der Waals surface area contributed by atoms with Crippen LogP contribution in [0, 0.1) is 0 Å². The zero-order valence-electron chi connectivity index (χ0n) is 5.14. The molecule has 2 amide bonds. The van der Waals surface area contributed by atoms with Gasteiger partial charge in [-0.2, -0.15) is 0 Å². The Balaban J connectivity index is 3.37. The van der Waals surface area contributed by atoms with Crippen molar-refractivity contribution in [3.8, 4) is 0 Å². The van der Waals surface area contributed by atoms with E-state index in [-0.39, 0.29) is 6.03 Å². The van der Waals surface area contributed by atoms with Crippen molar-refractivity contribution >= 4 is 12.2 Å². The summed E-state index contributed by atoms with van der Waals surface area (Å²) in [5.41, 5.74) is 0. The number of carbonyl (C=O) groups is 1. The predicted molar refractivity (Wildman–Crippen MR) is 33.2 cm³/mol. The van der Waals surface area contributed by atoms with E-state index in [1.54, 1.807) is 13.3 Å². The number of hydrogen-bond acceptors (Lipinski definition) is 1. The molecule has 0 bridgehead atoms. The molecule has 0 aromatic heterocycles. The highest BCUT2D eigenvalue weighted by molar-refractivity contribution is 5.83. The van der Waals surface area contributed by atoms with Crippen LogP contribution >= 0.6 is 0 Å². The lowest BCUT2D eigenvalue weighted by atomic mass is 10.5. The summed E-state index contributed by atoms with van der Waals surface area (Å²) in [4.78, 5) is 13.7. The van der Waals surface area contributed by atoms with E-state index >= 15 is 0 Å². The first-order chi connectivity index (χ1) is 3.81. The summed E-state index contributed by atoms with van der Waals surface area (Å²) in [7, 11) is 1.55. The van der Waals surface area contributed by atoms with Gasteiger partial charge in [-0.15, -0.1) is 0 Å². The van der Waals surface area contributed by atoms with Crippen molar-refractivity contribution in [1.82, 2.24) is 5.32 Å². The second-order valence-corrected chi connectivity index (χ2v) is 1.28. The average molecular weight is 114 g/mol. The molecule has 0 radical (unpaired) electrons. The van der Waals surface area contributed by atoms with Crippen molar-refractivity contribution in [2.45, 2.75) is 13.3 Å². The molecule has 0 unspecified atom stereocenters. The standard InChI is InChI=1S/C5H10N2O/c1-3-4-7-5(8)6-2/h4H,3H2,1-2H3,(H,6,8)/b7-4+. The van der Waals surface area contributed by atoms with E-state index in [0.717, 1.165) is 6.42 Å². The van der Waals surface area contributed by atoms with Crippen molar-refractivity contribution in [2.24, 2.45) is 4.99 Å². The molecule has 1 N–H and O–H groups in total. The first-order valence-corrected chi connectivity index (χ1v) is 2.55. The van der Waals surface area contributed by atoms with Crippen LogP contribution < -0.4 is 5.32 Å². The minimum Gasteiger partial charge on any atom is -0.339 e. The summed E-state index contributed by atoms with van der Waals surface area (Å²) in [5.74, 6) is 0. The monoisotopic (exact) mass is 114 g/mol. The molecule has 46 valence electrons. The molecule has 0 aliphatic carbocycles. The van der Waals surface area contributed by atoms with Gasteiger partial charge in [-0.1, -0.05) is 6.92 Å². The van der Waals surface area contributed by atoms with Crippen LogP contribution in [0.15, 0.2) is 4.99 Å². The van der Waals surface area contributed by atoms with E-state index in [1.807, 2.05) is 6.92 Å². The van der Waals surface area contributed by atoms with E-state index in [2.05, 4.69) is 10.3 Å². The number of urea groups is 1. The lowest BCUT2D eigenvalue weighted by molar-refractivity contribution is 0.251. The normalized spacial score (nSPS) is 9.75. The van der Waals surface area contributed by atoms with Gasteiger partial charge in [0.25, 0.3) is 0 Å². The molecular formula is C5H10N2O. The van der Waals surface area contributed by atoms with Gasteiger partial charge >= 0.3 is 6.03 Å². The van der Waals surface area contributed by atoms with E-state index in [4.69, 9.17) is 0 Å². The fourth-order valence-electron chi connectivity index (χ4n) is 0.239. The summed E-state index contributed by atoms with van der Waals surface area (Å²) >= 11 is 0. The third-order valence-corrected chi connectivity index (χ3v) is 0.605. The molecule has 0 aromatic rings. The number of carbonyl (C=O) groups excluding carboxylic acids is 1. The van der Waals surface area contributed by atoms with Crippen LogP contribution in [-0.2, 0) is 0 Å². The van der Waals surface area contributed by atoms with Gasteiger partial charge in [-0.3, -0.25) is 0 Å². The highest BCUT2D eigenvalue weighted by Gasteiger charge is 1.84. The lowest BCUT2D eigenvalue weighted by Gasteiger charge is -1.85. The lowest BCUT2D eigenvalue weighted by Crippen LogP contribution is -2.12. The van der Waals surface area contributed by atoms with Crippen LogP contribution in [0.1, 0.15) is 13.3 Å². The fraction of sp³-hybridized carbons (Fsp3) is 0.600. The molecule has 0 saturated heterocycles. The van der Waals surface area contributed by atoms with Gasteiger partial charge in [0.2, 0.25) is 0 Å². The third-order valence-electron chi connectivity index (χ3n) is 0.605. The van der Waals surface area contributed by atoms with Crippen molar-refractivity contribution < 1.29 is 4.79 Å². The second kappa shape index (κ2) is 4.30. The number of nitrogens with one attached hydrogen (secondary N) is 1. The van der Waals surface area contributed by atoms with Gasteiger partial charge in [-0.05, 0) is 6.42 Å². The van der Waals surface area contributed by atoms with Crippen LogP contribution in [0.5, 0.6) is 0 Å². The van der Waals surface area contributed by atoms with Crippen LogP contribution in [0.4, 0.5) is 4.79 Å². The SMILES string of the molecule is CC/C=N/C(=O)NC. The minimum atomic E-state index is -0.285. The maximum Gasteiger partial charge on any atom is 0.340 e. The summed E-state index contributed by atoms with van der Waals surface area (Å²) in [6, 6.07) is -0.285. The number of aliphatic imine (C=N–C) groups is 1. The molecule has 0 fully saturated rings. The van der Waals surface area contributed by atoms with Crippen molar-refractivity contribution in [3.05, 3.63) is 0 Å². The Labute approximate surface area is 48.8 Å². The van der Waals surface area contributed by atoms with E-state index in [1.165, 1.54) is 0 Å². The first-order valence-electron chi connectivity index (χ1n) is 2.55. The number of nitrogens with zero attached hydrogens (tertiary/aromatic N) is 1. The smallest absolute Gasteiger partial charge is 0.339 e. The predicted octanol–water partition coefficient (Wildman–Crippen LogP) is 0.807. The highest BCUT2D eigenvalue weighted by Crippen LogP contribution is 1.71.